The van der Waals surface area contributed by atoms with Crippen molar-refractivity contribution >= 4 is 15.9 Å². The Labute approximate surface area is 114 Å². The molecule has 4 heteroatoms. The maximum absolute atomic E-state index is 9.18. The molecule has 0 aromatic heterocycles. The zero-order valence-electron chi connectivity index (χ0n) is 9.77. The Kier molecular flexibility index (Phi) is 4.23. The second kappa shape index (κ2) is 5.89. The third kappa shape index (κ3) is 3.24. The second-order valence-electron chi connectivity index (χ2n) is 3.91. The molecule has 0 amide bonds. The minimum Gasteiger partial charge on any atom is -0.508 e. The van der Waals surface area contributed by atoms with E-state index in [1.807, 2.05) is 30.3 Å². The van der Waals surface area contributed by atoms with Crippen LogP contribution in [-0.2, 0) is 13.2 Å². The van der Waals surface area contributed by atoms with E-state index in [4.69, 9.17) is 10.5 Å². The summed E-state index contributed by atoms with van der Waals surface area (Å²) in [4.78, 5) is 0. The summed E-state index contributed by atoms with van der Waals surface area (Å²) in [6.45, 7) is 0.933. The maximum Gasteiger partial charge on any atom is 0.120 e. The summed E-state index contributed by atoms with van der Waals surface area (Å²) in [5.74, 6) is 1.04. The lowest BCUT2D eigenvalue weighted by Crippen LogP contribution is -2.00. The lowest BCUT2D eigenvalue weighted by atomic mass is 10.2. The zero-order valence-corrected chi connectivity index (χ0v) is 11.4. The number of benzene rings is 2. The molecule has 0 aliphatic rings. The molecule has 18 heavy (non-hydrogen) atoms. The van der Waals surface area contributed by atoms with Crippen molar-refractivity contribution < 1.29 is 9.84 Å². The predicted octanol–water partition coefficient (Wildman–Crippen LogP) is 3.19. The second-order valence-corrected chi connectivity index (χ2v) is 4.77. The first-order chi connectivity index (χ1) is 8.69. The number of aromatic hydroxyl groups is 1. The quantitative estimate of drug-likeness (QED) is 0.912. The summed E-state index contributed by atoms with van der Waals surface area (Å²) < 4.78 is 6.66. The molecule has 0 saturated carbocycles. The lowest BCUT2D eigenvalue weighted by Gasteiger charge is -2.09. The number of phenols is 1. The minimum atomic E-state index is 0.257. The van der Waals surface area contributed by atoms with Crippen LogP contribution in [0.4, 0.5) is 0 Å². The number of phenolic OH excluding ortho intramolecular Hbond substituents is 1. The number of ether oxygens (including phenoxy) is 1. The molecular weight excluding hydrogens is 294 g/mol. The molecule has 0 bridgehead atoms. The average Bonchev–Trinajstić information content (AvgIpc) is 2.39. The smallest absolute Gasteiger partial charge is 0.120 e. The molecule has 0 radical (unpaired) electrons. The molecule has 2 aromatic carbocycles. The summed E-state index contributed by atoms with van der Waals surface area (Å²) >= 11 is 3.43. The van der Waals surface area contributed by atoms with Gasteiger partial charge in [0.25, 0.3) is 0 Å². The van der Waals surface area contributed by atoms with Crippen molar-refractivity contribution in [1.29, 1.82) is 0 Å². The highest BCUT2D eigenvalue weighted by Gasteiger charge is 2.01. The van der Waals surface area contributed by atoms with Gasteiger partial charge in [0.2, 0.25) is 0 Å². The van der Waals surface area contributed by atoms with Crippen molar-refractivity contribution in [2.45, 2.75) is 13.2 Å². The van der Waals surface area contributed by atoms with Gasteiger partial charge in [-0.15, -0.1) is 0 Å². The fraction of sp³-hybridized carbons (Fsp3) is 0.143. The summed E-state index contributed by atoms with van der Waals surface area (Å²) in [5, 5.41) is 9.18. The summed E-state index contributed by atoms with van der Waals surface area (Å²) in [5.41, 5.74) is 7.65. The van der Waals surface area contributed by atoms with Crippen LogP contribution in [0.3, 0.4) is 0 Å². The van der Waals surface area contributed by atoms with Gasteiger partial charge in [-0.1, -0.05) is 28.1 Å². The van der Waals surface area contributed by atoms with Crippen molar-refractivity contribution in [2.24, 2.45) is 5.73 Å². The largest absolute Gasteiger partial charge is 0.508 e. The molecule has 2 aromatic rings. The Balaban J connectivity index is 2.04. The fourth-order valence-electron chi connectivity index (χ4n) is 1.56. The van der Waals surface area contributed by atoms with Crippen LogP contribution in [0.1, 0.15) is 11.1 Å². The zero-order chi connectivity index (χ0) is 13.0. The average molecular weight is 308 g/mol. The van der Waals surface area contributed by atoms with Gasteiger partial charge in [-0.2, -0.15) is 0 Å². The monoisotopic (exact) mass is 307 g/mol. The normalized spacial score (nSPS) is 10.3. The molecule has 94 valence electrons. The molecule has 0 aliphatic carbocycles. The van der Waals surface area contributed by atoms with Crippen LogP contribution in [0.25, 0.3) is 0 Å². The topological polar surface area (TPSA) is 55.5 Å². The van der Waals surface area contributed by atoms with E-state index >= 15 is 0 Å². The van der Waals surface area contributed by atoms with Gasteiger partial charge < -0.3 is 15.6 Å². The third-order valence-corrected chi connectivity index (χ3v) is 3.35. The van der Waals surface area contributed by atoms with Gasteiger partial charge in [-0.05, 0) is 41.5 Å². The Morgan fingerprint density at radius 2 is 1.83 bits per heavy atom. The van der Waals surface area contributed by atoms with Crippen LogP contribution in [-0.4, -0.2) is 5.11 Å². The highest BCUT2D eigenvalue weighted by atomic mass is 79.9. The van der Waals surface area contributed by atoms with Crippen molar-refractivity contribution in [3.63, 3.8) is 0 Å². The Bertz CT molecular complexity index is 526. The fourth-order valence-corrected chi connectivity index (χ4v) is 1.96. The summed E-state index contributed by atoms with van der Waals surface area (Å²) in [6.07, 6.45) is 0. The van der Waals surface area contributed by atoms with Gasteiger partial charge >= 0.3 is 0 Å². The first kappa shape index (κ1) is 12.9. The van der Waals surface area contributed by atoms with Crippen LogP contribution >= 0.6 is 15.9 Å². The first-order valence-electron chi connectivity index (χ1n) is 5.58. The summed E-state index contributed by atoms with van der Waals surface area (Å²) in [7, 11) is 0. The van der Waals surface area contributed by atoms with Crippen LogP contribution in [0.2, 0.25) is 0 Å². The predicted molar refractivity (Wildman–Crippen MR) is 74.5 cm³/mol. The molecule has 3 nitrogen and oxygen atoms in total. The van der Waals surface area contributed by atoms with E-state index in [-0.39, 0.29) is 5.75 Å². The van der Waals surface area contributed by atoms with E-state index in [1.54, 1.807) is 12.1 Å². The molecule has 0 aliphatic heterocycles. The minimum absolute atomic E-state index is 0.257. The molecule has 3 N–H and O–H groups in total. The van der Waals surface area contributed by atoms with Crippen LogP contribution in [0.15, 0.2) is 46.9 Å². The SMILES string of the molecule is NCc1cc(OCc2ccc(O)cc2)ccc1Br. The maximum atomic E-state index is 9.18. The standard InChI is InChI=1S/C14H14BrNO2/c15-14-6-5-13(7-11(14)8-16)18-9-10-1-3-12(17)4-2-10/h1-7,17H,8-9,16H2. The third-order valence-electron chi connectivity index (χ3n) is 2.58. The lowest BCUT2D eigenvalue weighted by molar-refractivity contribution is 0.305. The number of nitrogens with two attached hydrogens (primary N) is 1. The molecule has 0 spiro atoms. The van der Waals surface area contributed by atoms with Gasteiger partial charge in [0.05, 0.1) is 0 Å². The van der Waals surface area contributed by atoms with Crippen molar-refractivity contribution in [3.8, 4) is 11.5 Å². The molecule has 0 heterocycles. The van der Waals surface area contributed by atoms with Crippen LogP contribution in [0, 0.1) is 0 Å². The molecule has 0 saturated heterocycles. The molecule has 0 atom stereocenters. The van der Waals surface area contributed by atoms with Gasteiger partial charge in [-0.25, -0.2) is 0 Å². The Hall–Kier alpha value is -1.52. The Morgan fingerprint density at radius 1 is 1.11 bits per heavy atom. The number of hydrogen-bond acceptors (Lipinski definition) is 3. The van der Waals surface area contributed by atoms with Crippen molar-refractivity contribution in [1.82, 2.24) is 0 Å². The Morgan fingerprint density at radius 3 is 2.50 bits per heavy atom. The van der Waals surface area contributed by atoms with E-state index in [0.717, 1.165) is 21.3 Å². The summed E-state index contributed by atoms with van der Waals surface area (Å²) in [6, 6.07) is 12.7. The van der Waals surface area contributed by atoms with Crippen molar-refractivity contribution in [2.75, 3.05) is 0 Å². The number of rotatable bonds is 4. The van der Waals surface area contributed by atoms with E-state index in [0.29, 0.717) is 13.2 Å². The molecule has 2 rings (SSSR count). The van der Waals surface area contributed by atoms with Gasteiger partial charge in [0.15, 0.2) is 0 Å². The van der Waals surface area contributed by atoms with Crippen LogP contribution < -0.4 is 10.5 Å². The van der Waals surface area contributed by atoms with E-state index in [9.17, 15) is 5.11 Å². The number of hydrogen-bond donors (Lipinski definition) is 2. The van der Waals surface area contributed by atoms with Gasteiger partial charge in [-0.3, -0.25) is 0 Å². The molecular formula is C14H14BrNO2. The van der Waals surface area contributed by atoms with Gasteiger partial charge in [0, 0.05) is 11.0 Å². The molecule has 0 fully saturated rings. The number of halogens is 1. The van der Waals surface area contributed by atoms with Gasteiger partial charge in [0.1, 0.15) is 18.1 Å². The highest BCUT2D eigenvalue weighted by Crippen LogP contribution is 2.23. The van der Waals surface area contributed by atoms with E-state index < -0.39 is 0 Å². The molecule has 0 unspecified atom stereocenters. The highest BCUT2D eigenvalue weighted by molar-refractivity contribution is 9.10. The van der Waals surface area contributed by atoms with E-state index in [1.165, 1.54) is 0 Å². The first-order valence-corrected chi connectivity index (χ1v) is 6.37. The van der Waals surface area contributed by atoms with E-state index in [2.05, 4.69) is 15.9 Å². The van der Waals surface area contributed by atoms with Crippen molar-refractivity contribution in [3.05, 3.63) is 58.1 Å². The van der Waals surface area contributed by atoms with Crippen LogP contribution in [0.5, 0.6) is 11.5 Å².